The van der Waals surface area contributed by atoms with Crippen LogP contribution >= 0.6 is 0 Å². The van der Waals surface area contributed by atoms with Gasteiger partial charge in [0.15, 0.2) is 0 Å². The molecule has 0 aromatic heterocycles. The molecule has 1 aromatic rings. The van der Waals surface area contributed by atoms with E-state index in [4.69, 9.17) is 10.5 Å². The Morgan fingerprint density at radius 3 is 3.10 bits per heavy atom. The summed E-state index contributed by atoms with van der Waals surface area (Å²) in [6.07, 6.45) is 1.70. The normalized spacial score (nSPS) is 17.7. The van der Waals surface area contributed by atoms with Crippen molar-refractivity contribution in [1.29, 1.82) is 0 Å². The van der Waals surface area contributed by atoms with Crippen molar-refractivity contribution < 1.29 is 13.9 Å². The van der Waals surface area contributed by atoms with Crippen molar-refractivity contribution in [2.45, 2.75) is 19.4 Å². The lowest BCUT2D eigenvalue weighted by atomic mass is 10.0. The quantitative estimate of drug-likeness (QED) is 0.822. The van der Waals surface area contributed by atoms with Crippen LogP contribution in [0, 0.1) is 23.6 Å². The summed E-state index contributed by atoms with van der Waals surface area (Å²) in [5, 5.41) is 2.76. The van der Waals surface area contributed by atoms with E-state index in [-0.39, 0.29) is 30.7 Å². The first-order chi connectivity index (χ1) is 10.2. The number of hydrogen-bond donors (Lipinski definition) is 2. The molecule has 1 atom stereocenters. The van der Waals surface area contributed by atoms with Crippen molar-refractivity contribution in [2.24, 2.45) is 11.7 Å². The number of nitrogens with two attached hydrogens (primary N) is 1. The number of hydrogen-bond acceptors (Lipinski definition) is 3. The third-order valence-electron chi connectivity index (χ3n) is 3.36. The number of nitrogens with one attached hydrogen (secondary N) is 1. The van der Waals surface area contributed by atoms with Crippen LogP contribution in [-0.4, -0.2) is 25.7 Å². The topological polar surface area (TPSA) is 64.3 Å². The summed E-state index contributed by atoms with van der Waals surface area (Å²) in [7, 11) is 0. The molecule has 1 amide bonds. The molecule has 0 aliphatic carbocycles. The highest BCUT2D eigenvalue weighted by molar-refractivity contribution is 5.78. The minimum Gasteiger partial charge on any atom is -0.381 e. The summed E-state index contributed by atoms with van der Waals surface area (Å²) in [6, 6.07) is 4.58. The minimum absolute atomic E-state index is 0.0902. The summed E-state index contributed by atoms with van der Waals surface area (Å²) in [5.74, 6) is 4.99. The average Bonchev–Trinajstić information content (AvgIpc) is 2.53. The molecule has 1 aromatic carbocycles. The van der Waals surface area contributed by atoms with Gasteiger partial charge in [0.1, 0.15) is 5.82 Å². The Labute approximate surface area is 123 Å². The predicted octanol–water partition coefficient (Wildman–Crippen LogP) is 1.18. The molecule has 21 heavy (non-hydrogen) atoms. The third-order valence-corrected chi connectivity index (χ3v) is 3.36. The zero-order valence-electron chi connectivity index (χ0n) is 11.8. The Bertz CT molecular complexity index is 557. The number of benzene rings is 1. The second-order valence-electron chi connectivity index (χ2n) is 4.94. The summed E-state index contributed by atoms with van der Waals surface area (Å²) < 4.78 is 19.0. The van der Waals surface area contributed by atoms with E-state index in [1.165, 1.54) is 6.07 Å². The first kappa shape index (κ1) is 15.5. The molecule has 4 nitrogen and oxygen atoms in total. The van der Waals surface area contributed by atoms with Gasteiger partial charge in [-0.2, -0.15) is 0 Å². The van der Waals surface area contributed by atoms with Crippen LogP contribution in [0.1, 0.15) is 24.0 Å². The van der Waals surface area contributed by atoms with Crippen molar-refractivity contribution in [3.8, 4) is 11.8 Å². The van der Waals surface area contributed by atoms with Crippen LogP contribution in [0.5, 0.6) is 0 Å². The zero-order valence-corrected chi connectivity index (χ0v) is 11.8. The highest BCUT2D eigenvalue weighted by Gasteiger charge is 2.21. The monoisotopic (exact) mass is 290 g/mol. The van der Waals surface area contributed by atoms with Crippen molar-refractivity contribution in [3.05, 3.63) is 35.1 Å². The maximum Gasteiger partial charge on any atom is 0.225 e. The Hall–Kier alpha value is -1.90. The fraction of sp³-hybridized carbons (Fsp3) is 0.438. The van der Waals surface area contributed by atoms with E-state index in [9.17, 15) is 9.18 Å². The van der Waals surface area contributed by atoms with E-state index in [0.29, 0.717) is 24.3 Å². The number of ether oxygens (including phenoxy) is 1. The second kappa shape index (κ2) is 7.77. The summed E-state index contributed by atoms with van der Waals surface area (Å²) in [5.41, 5.74) is 6.42. The van der Waals surface area contributed by atoms with E-state index >= 15 is 0 Å². The Kier molecular flexibility index (Phi) is 5.73. The molecule has 1 aliphatic rings. The second-order valence-corrected chi connectivity index (χ2v) is 4.94. The molecule has 1 saturated heterocycles. The van der Waals surface area contributed by atoms with Gasteiger partial charge >= 0.3 is 0 Å². The highest BCUT2D eigenvalue weighted by atomic mass is 19.1. The number of halogens is 1. The molecule has 0 bridgehead atoms. The van der Waals surface area contributed by atoms with Crippen LogP contribution in [0.25, 0.3) is 0 Å². The molecule has 1 fully saturated rings. The predicted molar refractivity (Wildman–Crippen MR) is 77.7 cm³/mol. The molecule has 1 heterocycles. The highest BCUT2D eigenvalue weighted by Crippen LogP contribution is 2.14. The van der Waals surface area contributed by atoms with Gasteiger partial charge in [0.25, 0.3) is 0 Å². The van der Waals surface area contributed by atoms with Crippen LogP contribution in [-0.2, 0) is 16.1 Å². The summed E-state index contributed by atoms with van der Waals surface area (Å²) >= 11 is 0. The third kappa shape index (κ3) is 4.55. The number of carbonyl (C=O) groups excluding carboxylic acids is 1. The largest absolute Gasteiger partial charge is 0.381 e. The molecule has 0 spiro atoms. The Morgan fingerprint density at radius 1 is 1.52 bits per heavy atom. The van der Waals surface area contributed by atoms with E-state index in [1.54, 1.807) is 12.1 Å². The first-order valence-corrected chi connectivity index (χ1v) is 7.03. The smallest absolute Gasteiger partial charge is 0.225 e. The molecular formula is C16H19FN2O2. The lowest BCUT2D eigenvalue weighted by Gasteiger charge is -2.21. The van der Waals surface area contributed by atoms with Crippen LogP contribution in [0.2, 0.25) is 0 Å². The molecule has 1 unspecified atom stereocenters. The van der Waals surface area contributed by atoms with Gasteiger partial charge in [-0.25, -0.2) is 4.39 Å². The van der Waals surface area contributed by atoms with Crippen molar-refractivity contribution in [1.82, 2.24) is 5.32 Å². The van der Waals surface area contributed by atoms with Crippen LogP contribution < -0.4 is 11.1 Å². The lowest BCUT2D eigenvalue weighted by molar-refractivity contribution is -0.129. The standard InChI is InChI=1S/C16H19FN2O2/c17-15-6-5-12(3-1-7-18)9-14(15)10-19-16(20)13-4-2-8-21-11-13/h5-6,9,13H,2,4,7-8,10-11,18H2,(H,19,20). The number of rotatable bonds is 3. The minimum atomic E-state index is -0.353. The molecule has 3 N–H and O–H groups in total. The molecule has 1 aliphatic heterocycles. The van der Waals surface area contributed by atoms with Crippen LogP contribution in [0.4, 0.5) is 4.39 Å². The molecule has 0 saturated carbocycles. The van der Waals surface area contributed by atoms with Gasteiger partial charge in [-0.15, -0.1) is 0 Å². The van der Waals surface area contributed by atoms with Crippen molar-refractivity contribution in [2.75, 3.05) is 19.8 Å². The van der Waals surface area contributed by atoms with E-state index < -0.39 is 0 Å². The summed E-state index contributed by atoms with van der Waals surface area (Å²) in [4.78, 5) is 12.0. The SMILES string of the molecule is NCC#Cc1ccc(F)c(CNC(=O)C2CCCOC2)c1. The van der Waals surface area contributed by atoms with E-state index in [0.717, 1.165) is 12.8 Å². The average molecular weight is 290 g/mol. The fourth-order valence-electron chi connectivity index (χ4n) is 2.22. The van der Waals surface area contributed by atoms with Gasteiger partial charge in [-0.1, -0.05) is 11.8 Å². The maximum atomic E-state index is 13.7. The summed E-state index contributed by atoms with van der Waals surface area (Å²) in [6.45, 7) is 1.56. The fourth-order valence-corrected chi connectivity index (χ4v) is 2.22. The zero-order chi connectivity index (χ0) is 15.1. The van der Waals surface area contributed by atoms with Gasteiger partial charge in [-0.05, 0) is 31.0 Å². The van der Waals surface area contributed by atoms with Gasteiger partial charge < -0.3 is 15.8 Å². The molecule has 0 radical (unpaired) electrons. The lowest BCUT2D eigenvalue weighted by Crippen LogP contribution is -2.35. The Balaban J connectivity index is 1.96. The molecule has 112 valence electrons. The van der Waals surface area contributed by atoms with E-state index in [1.807, 2.05) is 0 Å². The maximum absolute atomic E-state index is 13.7. The molecular weight excluding hydrogens is 271 g/mol. The Morgan fingerprint density at radius 2 is 2.38 bits per heavy atom. The van der Waals surface area contributed by atoms with Gasteiger partial charge in [0.2, 0.25) is 5.91 Å². The van der Waals surface area contributed by atoms with E-state index in [2.05, 4.69) is 17.2 Å². The molecule has 2 rings (SSSR count). The van der Waals surface area contributed by atoms with Crippen LogP contribution in [0.15, 0.2) is 18.2 Å². The van der Waals surface area contributed by atoms with Gasteiger partial charge in [-0.3, -0.25) is 4.79 Å². The molecule has 5 heteroatoms. The first-order valence-electron chi connectivity index (χ1n) is 7.03. The van der Waals surface area contributed by atoms with Gasteiger partial charge in [0.05, 0.1) is 19.1 Å². The van der Waals surface area contributed by atoms with Crippen molar-refractivity contribution in [3.63, 3.8) is 0 Å². The van der Waals surface area contributed by atoms with Crippen LogP contribution in [0.3, 0.4) is 0 Å². The van der Waals surface area contributed by atoms with Gasteiger partial charge in [0, 0.05) is 24.3 Å². The number of amides is 1. The number of carbonyl (C=O) groups is 1. The van der Waals surface area contributed by atoms with Crippen molar-refractivity contribution >= 4 is 5.91 Å².